The lowest BCUT2D eigenvalue weighted by molar-refractivity contribution is -0.466. The van der Waals surface area contributed by atoms with Crippen LogP contribution in [0.2, 0.25) is 19.6 Å². The van der Waals surface area contributed by atoms with E-state index in [1.807, 2.05) is 24.3 Å². The summed E-state index contributed by atoms with van der Waals surface area (Å²) in [5, 5.41) is 0. The van der Waals surface area contributed by atoms with Gasteiger partial charge in [0.2, 0.25) is 0 Å². The molecule has 0 aliphatic carbocycles. The molecule has 0 unspecified atom stereocenters. The number of benzene rings is 2. The quantitative estimate of drug-likeness (QED) is 0.576. The third-order valence-corrected chi connectivity index (χ3v) is 5.77. The van der Waals surface area contributed by atoms with Crippen molar-refractivity contribution in [3.8, 4) is 11.5 Å². The molecule has 2 bridgehead atoms. The van der Waals surface area contributed by atoms with Crippen molar-refractivity contribution in [2.45, 2.75) is 31.0 Å². The largest absolute Gasteiger partial charge is 0.322 e. The van der Waals surface area contributed by atoms with E-state index in [1.54, 1.807) is 12.1 Å². The van der Waals surface area contributed by atoms with E-state index in [1.165, 1.54) is 12.1 Å². The van der Waals surface area contributed by atoms with Crippen molar-refractivity contribution in [1.82, 2.24) is 0 Å². The second kappa shape index (κ2) is 6.57. The molecule has 0 atom stereocenters. The maximum Gasteiger partial charge on any atom is 0.312 e. The molecule has 3 nitrogen and oxygen atoms in total. The van der Waals surface area contributed by atoms with Gasteiger partial charge in [-0.2, -0.15) is 0 Å². The monoisotopic (exact) mass is 382 g/mol. The number of hydrogen-bond donors (Lipinski definition) is 0. The zero-order valence-corrected chi connectivity index (χ0v) is 16.8. The predicted molar refractivity (Wildman–Crippen MR) is 104 cm³/mol. The van der Waals surface area contributed by atoms with Gasteiger partial charge in [-0.25, -0.2) is 4.39 Å². The first-order chi connectivity index (χ1) is 12.8. The van der Waals surface area contributed by atoms with Gasteiger partial charge in [0, 0.05) is 11.1 Å². The molecule has 3 saturated heterocycles. The number of rotatable bonds is 2. The first-order valence-corrected chi connectivity index (χ1v) is 12.6. The first kappa shape index (κ1) is 18.4. The molecule has 2 aromatic rings. The summed E-state index contributed by atoms with van der Waals surface area (Å²) >= 11 is 0. The van der Waals surface area contributed by atoms with Crippen molar-refractivity contribution in [3.63, 3.8) is 0 Å². The van der Waals surface area contributed by atoms with Crippen molar-refractivity contribution in [2.75, 3.05) is 19.8 Å². The highest BCUT2D eigenvalue weighted by molar-refractivity contribution is 6.83. The van der Waals surface area contributed by atoms with E-state index < -0.39 is 19.5 Å². The Bertz CT molecular complexity index is 864. The summed E-state index contributed by atoms with van der Waals surface area (Å²) in [6.45, 7) is 8.07. The average molecular weight is 383 g/mol. The average Bonchev–Trinajstić information content (AvgIpc) is 2.68. The predicted octanol–water partition coefficient (Wildman–Crippen LogP) is 4.18. The van der Waals surface area contributed by atoms with Crippen molar-refractivity contribution in [1.29, 1.82) is 0 Å². The normalized spacial score (nSPS) is 27.1. The molecule has 2 aromatic carbocycles. The van der Waals surface area contributed by atoms with Crippen LogP contribution in [0.4, 0.5) is 4.39 Å². The second-order valence-corrected chi connectivity index (χ2v) is 13.0. The van der Waals surface area contributed by atoms with Crippen LogP contribution in [0.5, 0.6) is 0 Å². The molecule has 27 heavy (non-hydrogen) atoms. The lowest BCUT2D eigenvalue weighted by Crippen LogP contribution is -2.60. The van der Waals surface area contributed by atoms with Crippen LogP contribution in [-0.4, -0.2) is 27.9 Å². The van der Waals surface area contributed by atoms with E-state index in [0.29, 0.717) is 19.8 Å². The lowest BCUT2D eigenvalue weighted by Gasteiger charge is -2.52. The van der Waals surface area contributed by atoms with E-state index in [2.05, 4.69) is 31.1 Å². The molecule has 140 valence electrons. The van der Waals surface area contributed by atoms with Crippen LogP contribution in [0, 0.1) is 17.3 Å². The molecule has 0 aromatic heterocycles. The summed E-state index contributed by atoms with van der Waals surface area (Å²) in [6, 6.07) is 14.3. The molecule has 3 aliphatic heterocycles. The molecule has 3 aliphatic rings. The molecule has 5 rings (SSSR count). The third-order valence-electron chi connectivity index (χ3n) is 4.89. The fraction of sp³-hybridized carbons (Fsp3) is 0.364. The fourth-order valence-corrected chi connectivity index (χ4v) is 3.79. The summed E-state index contributed by atoms with van der Waals surface area (Å²) in [5.74, 6) is 1.83. The smallest absolute Gasteiger partial charge is 0.312 e. The van der Waals surface area contributed by atoms with Crippen molar-refractivity contribution >= 4 is 8.07 Å². The van der Waals surface area contributed by atoms with Gasteiger partial charge >= 0.3 is 5.97 Å². The summed E-state index contributed by atoms with van der Waals surface area (Å²) in [5.41, 5.74) is 5.74. The fourth-order valence-electron chi connectivity index (χ4n) is 3.27. The third kappa shape index (κ3) is 3.58. The topological polar surface area (TPSA) is 27.7 Å². The van der Waals surface area contributed by atoms with Crippen molar-refractivity contribution < 1.29 is 18.6 Å². The minimum absolute atomic E-state index is 0.254. The van der Waals surface area contributed by atoms with Gasteiger partial charge in [0.25, 0.3) is 0 Å². The minimum Gasteiger partial charge on any atom is -0.322 e. The van der Waals surface area contributed by atoms with Gasteiger partial charge in [-0.05, 0) is 42.0 Å². The molecular formula is C22H23FO3Si. The number of ether oxygens (including phenoxy) is 3. The van der Waals surface area contributed by atoms with E-state index in [9.17, 15) is 4.39 Å². The van der Waals surface area contributed by atoms with Gasteiger partial charge in [0.05, 0.1) is 25.2 Å². The van der Waals surface area contributed by atoms with Crippen LogP contribution in [0.3, 0.4) is 0 Å². The number of hydrogen-bond acceptors (Lipinski definition) is 3. The van der Waals surface area contributed by atoms with Gasteiger partial charge in [-0.3, -0.25) is 0 Å². The van der Waals surface area contributed by atoms with Crippen LogP contribution >= 0.6 is 0 Å². The van der Waals surface area contributed by atoms with Crippen molar-refractivity contribution in [2.24, 2.45) is 0 Å². The van der Waals surface area contributed by atoms with E-state index in [0.717, 1.165) is 16.7 Å². The summed E-state index contributed by atoms with van der Waals surface area (Å²) in [7, 11) is -1.40. The van der Waals surface area contributed by atoms with E-state index in [4.69, 9.17) is 14.2 Å². The maximum absolute atomic E-state index is 13.2. The Balaban J connectivity index is 1.52. The van der Waals surface area contributed by atoms with Gasteiger partial charge in [-0.1, -0.05) is 37.7 Å². The Morgan fingerprint density at radius 2 is 1.33 bits per heavy atom. The highest BCUT2D eigenvalue weighted by Gasteiger charge is 2.54. The molecule has 0 spiro atoms. The molecule has 0 saturated carbocycles. The van der Waals surface area contributed by atoms with Crippen LogP contribution in [0.15, 0.2) is 48.5 Å². The summed E-state index contributed by atoms with van der Waals surface area (Å²) in [6.07, 6.45) is 0. The Kier molecular flexibility index (Phi) is 4.48. The highest BCUT2D eigenvalue weighted by Crippen LogP contribution is 2.45. The standard InChI is InChI=1S/C22H23FO3Si/c1-27(2,3)13-12-17-4-6-19(7-5-17)22-24-14-21(15-25-22,16-26-22)18-8-10-20(23)11-9-18/h4-11H,14-16H2,1-3H3. The maximum atomic E-state index is 13.2. The Labute approximate surface area is 160 Å². The first-order valence-electron chi connectivity index (χ1n) is 9.12. The molecule has 5 heteroatoms. The molecule has 3 fully saturated rings. The lowest BCUT2D eigenvalue weighted by atomic mass is 9.80. The molecule has 3 heterocycles. The number of halogens is 1. The Morgan fingerprint density at radius 1 is 0.815 bits per heavy atom. The van der Waals surface area contributed by atoms with Crippen molar-refractivity contribution in [3.05, 3.63) is 71.0 Å². The molecule has 0 radical (unpaired) electrons. The molecule has 0 amide bonds. The van der Waals surface area contributed by atoms with Gasteiger partial charge < -0.3 is 14.2 Å². The molecule has 0 N–H and O–H groups in total. The Hall–Kier alpha value is -1.97. The zero-order valence-electron chi connectivity index (χ0n) is 15.8. The SMILES string of the molecule is C[Si](C)(C)C#Cc1ccc(C23OCC(c4ccc(F)cc4)(CO2)CO3)cc1. The van der Waals surface area contributed by atoms with Crippen LogP contribution < -0.4 is 0 Å². The van der Waals surface area contributed by atoms with Crippen LogP contribution in [-0.2, 0) is 25.6 Å². The zero-order chi connectivity index (χ0) is 19.1. The van der Waals surface area contributed by atoms with Gasteiger partial charge in [-0.15, -0.1) is 5.54 Å². The van der Waals surface area contributed by atoms with Gasteiger partial charge in [0.1, 0.15) is 13.9 Å². The Morgan fingerprint density at radius 3 is 1.85 bits per heavy atom. The second-order valence-electron chi connectivity index (χ2n) is 8.29. The minimum atomic E-state index is -1.40. The van der Waals surface area contributed by atoms with Crippen LogP contribution in [0.1, 0.15) is 16.7 Å². The molecular weight excluding hydrogens is 359 g/mol. The summed E-state index contributed by atoms with van der Waals surface area (Å²) < 4.78 is 31.3. The summed E-state index contributed by atoms with van der Waals surface area (Å²) in [4.78, 5) is 0. The van der Waals surface area contributed by atoms with Crippen LogP contribution in [0.25, 0.3) is 0 Å². The van der Waals surface area contributed by atoms with Gasteiger partial charge in [0.15, 0.2) is 0 Å². The van der Waals surface area contributed by atoms with E-state index >= 15 is 0 Å². The number of fused-ring (bicyclic) bond motifs is 3. The highest BCUT2D eigenvalue weighted by atomic mass is 28.3. The van der Waals surface area contributed by atoms with E-state index in [-0.39, 0.29) is 5.82 Å².